The molecule has 1 saturated heterocycles. The quantitative estimate of drug-likeness (QED) is 0.361. The van der Waals surface area contributed by atoms with E-state index in [-0.39, 0.29) is 17.7 Å². The summed E-state index contributed by atoms with van der Waals surface area (Å²) in [6, 6.07) is 4.08. The number of nitro benzene ring substituents is 1. The summed E-state index contributed by atoms with van der Waals surface area (Å²) >= 11 is 0. The van der Waals surface area contributed by atoms with Gasteiger partial charge in [-0.25, -0.2) is 4.79 Å². The molecule has 3 heterocycles. The maximum atomic E-state index is 13.5. The van der Waals surface area contributed by atoms with E-state index in [2.05, 4.69) is 4.98 Å². The first-order valence-corrected chi connectivity index (χ1v) is 8.54. The zero-order chi connectivity index (χ0) is 20.9. The zero-order valence-electron chi connectivity index (χ0n) is 14.6. The highest BCUT2D eigenvalue weighted by molar-refractivity contribution is 5.85. The fraction of sp³-hybridized carbons (Fsp3) is 0.294. The van der Waals surface area contributed by atoms with E-state index in [0.29, 0.717) is 17.1 Å². The van der Waals surface area contributed by atoms with E-state index in [1.54, 1.807) is 4.98 Å². The maximum absolute atomic E-state index is 13.5. The monoisotopic (exact) mass is 406 g/mol. The Morgan fingerprint density at radius 2 is 2.14 bits per heavy atom. The highest BCUT2D eigenvalue weighted by Gasteiger charge is 2.41. The minimum Gasteiger partial charge on any atom is -0.390 e. The lowest BCUT2D eigenvalue weighted by molar-refractivity contribution is -0.384. The SMILES string of the molecule is O=c1[nH]c(=O)n([C@H]2C[C@H](O)[C@@H](C(O)c3c[nH]c4ccc([N+](=O)[O-])cc34)O2)cc1F. The third-order valence-corrected chi connectivity index (χ3v) is 4.91. The molecule has 12 heteroatoms. The molecule has 0 spiro atoms. The van der Waals surface area contributed by atoms with Gasteiger partial charge in [0.15, 0.2) is 0 Å². The predicted octanol–water partition coefficient (Wildman–Crippen LogP) is 0.447. The van der Waals surface area contributed by atoms with E-state index in [1.807, 2.05) is 0 Å². The molecule has 3 aromatic rings. The lowest BCUT2D eigenvalue weighted by Crippen LogP contribution is -2.34. The van der Waals surface area contributed by atoms with Gasteiger partial charge in [-0.15, -0.1) is 0 Å². The predicted molar refractivity (Wildman–Crippen MR) is 95.7 cm³/mol. The van der Waals surface area contributed by atoms with E-state index in [1.165, 1.54) is 24.4 Å². The first kappa shape index (κ1) is 19.0. The van der Waals surface area contributed by atoms with Crippen LogP contribution in [0.2, 0.25) is 0 Å². The molecule has 1 unspecified atom stereocenters. The van der Waals surface area contributed by atoms with Crippen molar-refractivity contribution in [2.45, 2.75) is 31.0 Å². The molecule has 152 valence electrons. The summed E-state index contributed by atoms with van der Waals surface area (Å²) in [6.07, 6.45) is -2.97. The van der Waals surface area contributed by atoms with E-state index in [4.69, 9.17) is 4.74 Å². The number of hydrogen-bond donors (Lipinski definition) is 4. The van der Waals surface area contributed by atoms with Crippen molar-refractivity contribution in [1.82, 2.24) is 14.5 Å². The number of benzene rings is 1. The second kappa shape index (κ2) is 6.92. The Kier molecular flexibility index (Phi) is 4.53. The van der Waals surface area contributed by atoms with E-state index < -0.39 is 46.5 Å². The lowest BCUT2D eigenvalue weighted by Gasteiger charge is -2.21. The van der Waals surface area contributed by atoms with Gasteiger partial charge in [-0.05, 0) is 6.07 Å². The fourth-order valence-electron chi connectivity index (χ4n) is 3.47. The van der Waals surface area contributed by atoms with E-state index in [0.717, 1.165) is 4.57 Å². The minimum atomic E-state index is -1.39. The molecule has 0 radical (unpaired) electrons. The zero-order valence-corrected chi connectivity index (χ0v) is 14.6. The molecule has 0 amide bonds. The van der Waals surface area contributed by atoms with Crippen LogP contribution in [0.15, 0.2) is 40.2 Å². The Labute approximate surface area is 160 Å². The molecule has 4 N–H and O–H groups in total. The van der Waals surface area contributed by atoms with Gasteiger partial charge in [-0.2, -0.15) is 4.39 Å². The highest BCUT2D eigenvalue weighted by Crippen LogP contribution is 2.37. The number of halogens is 1. The number of aromatic nitrogens is 3. The van der Waals surface area contributed by atoms with Gasteiger partial charge in [0.05, 0.1) is 17.2 Å². The average Bonchev–Trinajstić information content (AvgIpc) is 3.27. The smallest absolute Gasteiger partial charge is 0.330 e. The molecule has 1 aliphatic rings. The van der Waals surface area contributed by atoms with Crippen LogP contribution in [0.3, 0.4) is 0 Å². The Bertz CT molecular complexity index is 1220. The lowest BCUT2D eigenvalue weighted by atomic mass is 9.99. The van der Waals surface area contributed by atoms with Gasteiger partial charge in [-0.1, -0.05) is 0 Å². The van der Waals surface area contributed by atoms with E-state index in [9.17, 15) is 34.3 Å². The molecule has 4 rings (SSSR count). The van der Waals surface area contributed by atoms with Crippen molar-refractivity contribution in [2.75, 3.05) is 0 Å². The summed E-state index contributed by atoms with van der Waals surface area (Å²) in [5.74, 6) is -1.20. The molecular formula is C17H15FN4O7. The molecule has 4 atom stereocenters. The van der Waals surface area contributed by atoms with Crippen molar-refractivity contribution < 1.29 is 24.3 Å². The number of fused-ring (bicyclic) bond motifs is 1. The second-order valence-electron chi connectivity index (χ2n) is 6.68. The Hall–Kier alpha value is -3.35. The van der Waals surface area contributed by atoms with Crippen LogP contribution in [0.5, 0.6) is 0 Å². The van der Waals surface area contributed by atoms with Crippen LogP contribution in [-0.2, 0) is 4.74 Å². The number of aliphatic hydroxyl groups is 2. The van der Waals surface area contributed by atoms with Crippen molar-refractivity contribution in [3.05, 3.63) is 72.9 Å². The molecule has 1 aliphatic heterocycles. The van der Waals surface area contributed by atoms with Gasteiger partial charge in [0, 0.05) is 41.2 Å². The van der Waals surface area contributed by atoms with Crippen LogP contribution >= 0.6 is 0 Å². The Morgan fingerprint density at radius 1 is 1.38 bits per heavy atom. The number of nitro groups is 1. The van der Waals surface area contributed by atoms with Gasteiger partial charge >= 0.3 is 5.69 Å². The van der Waals surface area contributed by atoms with Gasteiger partial charge in [0.25, 0.3) is 11.2 Å². The normalized spacial score (nSPS) is 22.8. The number of aromatic amines is 2. The fourth-order valence-corrected chi connectivity index (χ4v) is 3.47. The first-order chi connectivity index (χ1) is 13.8. The molecular weight excluding hydrogens is 391 g/mol. The number of hydrogen-bond acceptors (Lipinski definition) is 7. The third-order valence-electron chi connectivity index (χ3n) is 4.91. The van der Waals surface area contributed by atoms with Crippen molar-refractivity contribution in [3.8, 4) is 0 Å². The molecule has 0 saturated carbocycles. The Balaban J connectivity index is 1.66. The Morgan fingerprint density at radius 3 is 2.86 bits per heavy atom. The molecule has 0 aliphatic carbocycles. The van der Waals surface area contributed by atoms with Crippen LogP contribution in [-0.4, -0.2) is 41.9 Å². The van der Waals surface area contributed by atoms with Gasteiger partial charge in [0.1, 0.15) is 18.4 Å². The van der Waals surface area contributed by atoms with Crippen LogP contribution in [0.25, 0.3) is 10.9 Å². The number of non-ortho nitro benzene ring substituents is 1. The van der Waals surface area contributed by atoms with Gasteiger partial charge < -0.3 is 19.9 Å². The van der Waals surface area contributed by atoms with E-state index >= 15 is 0 Å². The minimum absolute atomic E-state index is 0.143. The largest absolute Gasteiger partial charge is 0.390 e. The second-order valence-corrected chi connectivity index (χ2v) is 6.68. The molecule has 11 nitrogen and oxygen atoms in total. The first-order valence-electron chi connectivity index (χ1n) is 8.54. The van der Waals surface area contributed by atoms with Crippen molar-refractivity contribution in [1.29, 1.82) is 0 Å². The number of H-pyrrole nitrogens is 2. The summed E-state index contributed by atoms with van der Waals surface area (Å²) in [6.45, 7) is 0. The summed E-state index contributed by atoms with van der Waals surface area (Å²) in [5.41, 5.74) is -1.49. The number of ether oxygens (including phenoxy) is 1. The standard InChI is InChI=1S/C17H15FN4O7/c18-10-6-21(17(26)20-16(10)25)13-4-12(23)15(29-13)14(24)9-5-19-11-2-1-7(22(27)28)3-8(9)11/h1-3,5-6,12-15,19,23-24H,4H2,(H,20,25,26)/t12-,13+,14?,15-/m0/s1. The van der Waals surface area contributed by atoms with Crippen LogP contribution in [0.4, 0.5) is 10.1 Å². The maximum Gasteiger partial charge on any atom is 0.330 e. The summed E-state index contributed by atoms with van der Waals surface area (Å²) in [4.78, 5) is 38.2. The van der Waals surface area contributed by atoms with Gasteiger partial charge in [-0.3, -0.25) is 24.5 Å². The molecule has 0 bridgehead atoms. The molecule has 1 aromatic carbocycles. The molecule has 1 fully saturated rings. The third kappa shape index (κ3) is 3.22. The van der Waals surface area contributed by atoms with Gasteiger partial charge in [0.2, 0.25) is 5.82 Å². The molecule has 29 heavy (non-hydrogen) atoms. The number of aliphatic hydroxyl groups excluding tert-OH is 2. The summed E-state index contributed by atoms with van der Waals surface area (Å²) in [7, 11) is 0. The van der Waals surface area contributed by atoms with Crippen molar-refractivity contribution in [2.24, 2.45) is 0 Å². The molecule has 2 aromatic heterocycles. The number of nitrogens with zero attached hydrogens (tertiary/aromatic N) is 2. The summed E-state index contributed by atoms with van der Waals surface area (Å²) < 4.78 is 19.9. The van der Waals surface area contributed by atoms with Crippen molar-refractivity contribution >= 4 is 16.6 Å². The number of rotatable bonds is 4. The highest BCUT2D eigenvalue weighted by atomic mass is 19.1. The van der Waals surface area contributed by atoms with Crippen molar-refractivity contribution in [3.63, 3.8) is 0 Å². The van der Waals surface area contributed by atoms with Crippen LogP contribution in [0, 0.1) is 15.9 Å². The van der Waals surface area contributed by atoms with Crippen LogP contribution < -0.4 is 11.2 Å². The number of nitrogens with one attached hydrogen (secondary N) is 2. The summed E-state index contributed by atoms with van der Waals surface area (Å²) in [5, 5.41) is 32.5. The average molecular weight is 406 g/mol. The topological polar surface area (TPSA) is 163 Å². The van der Waals surface area contributed by atoms with Crippen LogP contribution in [0.1, 0.15) is 24.3 Å².